The van der Waals surface area contributed by atoms with E-state index in [-0.39, 0.29) is 17.6 Å². The second kappa shape index (κ2) is 12.6. The molecular weight excluding hydrogens is 493 g/mol. The van der Waals surface area contributed by atoms with Gasteiger partial charge in [-0.25, -0.2) is 0 Å². The first-order valence-electron chi connectivity index (χ1n) is 10.7. The van der Waals surface area contributed by atoms with E-state index in [2.05, 4.69) is 34.3 Å². The Labute approximate surface area is 212 Å². The summed E-state index contributed by atoms with van der Waals surface area (Å²) in [5.41, 5.74) is 2.40. The van der Waals surface area contributed by atoms with E-state index in [1.807, 2.05) is 28.8 Å². The number of halogens is 2. The van der Waals surface area contributed by atoms with Crippen molar-refractivity contribution in [3.05, 3.63) is 82.1 Å². The van der Waals surface area contributed by atoms with Gasteiger partial charge in [0.2, 0.25) is 5.91 Å². The Bertz CT molecular complexity index is 1160. The molecule has 0 bridgehead atoms. The van der Waals surface area contributed by atoms with Gasteiger partial charge < -0.3 is 15.2 Å². The Morgan fingerprint density at radius 3 is 2.56 bits per heavy atom. The van der Waals surface area contributed by atoms with Crippen molar-refractivity contribution < 1.29 is 9.59 Å². The second-order valence-corrected chi connectivity index (χ2v) is 9.08. The average molecular weight is 518 g/mol. The summed E-state index contributed by atoms with van der Waals surface area (Å²) in [5, 5.41) is 15.5. The summed E-state index contributed by atoms with van der Waals surface area (Å²) in [4.78, 5) is 24.7. The van der Waals surface area contributed by atoms with Crippen molar-refractivity contribution in [1.29, 1.82) is 0 Å². The number of nitrogens with one attached hydrogen (secondary N) is 2. The number of hydrogen-bond acceptors (Lipinski definition) is 5. The zero-order valence-electron chi connectivity index (χ0n) is 18.7. The predicted octanol–water partition coefficient (Wildman–Crippen LogP) is 5.04. The van der Waals surface area contributed by atoms with Gasteiger partial charge in [0.25, 0.3) is 5.91 Å². The number of amides is 2. The van der Waals surface area contributed by atoms with Crippen LogP contribution in [0.5, 0.6) is 0 Å². The van der Waals surface area contributed by atoms with Crippen LogP contribution in [0.25, 0.3) is 0 Å². The van der Waals surface area contributed by atoms with E-state index in [1.54, 1.807) is 18.2 Å². The van der Waals surface area contributed by atoms with Crippen molar-refractivity contribution >= 4 is 52.5 Å². The monoisotopic (exact) mass is 517 g/mol. The van der Waals surface area contributed by atoms with Crippen molar-refractivity contribution in [2.24, 2.45) is 0 Å². The van der Waals surface area contributed by atoms with Crippen LogP contribution in [-0.4, -0.2) is 38.9 Å². The molecule has 0 saturated carbocycles. The van der Waals surface area contributed by atoms with Crippen LogP contribution >= 0.6 is 35.0 Å². The lowest BCUT2D eigenvalue weighted by molar-refractivity contribution is -0.113. The lowest BCUT2D eigenvalue weighted by atomic mass is 10.1. The van der Waals surface area contributed by atoms with Gasteiger partial charge in [-0.15, -0.1) is 16.8 Å². The smallest absolute Gasteiger partial charge is 0.251 e. The van der Waals surface area contributed by atoms with Gasteiger partial charge in [-0.2, -0.15) is 0 Å². The summed E-state index contributed by atoms with van der Waals surface area (Å²) in [6, 6.07) is 12.5. The summed E-state index contributed by atoms with van der Waals surface area (Å²) in [6.07, 6.45) is 3.15. The molecule has 10 heteroatoms. The third-order valence-corrected chi connectivity index (χ3v) is 6.61. The molecule has 0 aliphatic carbocycles. The van der Waals surface area contributed by atoms with Gasteiger partial charge in [0, 0.05) is 30.8 Å². The largest absolute Gasteiger partial charge is 0.352 e. The molecule has 1 aromatic heterocycles. The van der Waals surface area contributed by atoms with Gasteiger partial charge in [0.05, 0.1) is 15.8 Å². The van der Waals surface area contributed by atoms with E-state index in [9.17, 15) is 9.59 Å². The molecule has 0 saturated heterocycles. The minimum Gasteiger partial charge on any atom is -0.352 e. The van der Waals surface area contributed by atoms with Crippen molar-refractivity contribution in [2.45, 2.75) is 31.5 Å². The number of hydrogen-bond donors (Lipinski definition) is 2. The van der Waals surface area contributed by atoms with Crippen molar-refractivity contribution in [1.82, 2.24) is 20.1 Å². The molecule has 34 heavy (non-hydrogen) atoms. The summed E-state index contributed by atoms with van der Waals surface area (Å²) in [6.45, 7) is 6.72. The molecule has 3 rings (SSSR count). The third-order valence-electron chi connectivity index (χ3n) is 4.90. The number of carbonyl (C=O) groups excluding carboxylic acids is 2. The summed E-state index contributed by atoms with van der Waals surface area (Å²) < 4.78 is 1.88. The maximum atomic E-state index is 12.4. The first-order valence-corrected chi connectivity index (χ1v) is 12.4. The number of allylic oxidation sites excluding steroid dienone is 1. The highest BCUT2D eigenvalue weighted by molar-refractivity contribution is 7.99. The van der Waals surface area contributed by atoms with Crippen LogP contribution in [-0.2, 0) is 24.2 Å². The van der Waals surface area contributed by atoms with E-state index >= 15 is 0 Å². The summed E-state index contributed by atoms with van der Waals surface area (Å²) in [7, 11) is 0. The fourth-order valence-electron chi connectivity index (χ4n) is 3.10. The van der Waals surface area contributed by atoms with Gasteiger partial charge in [0.1, 0.15) is 5.82 Å². The van der Waals surface area contributed by atoms with Crippen LogP contribution in [0.4, 0.5) is 5.69 Å². The summed E-state index contributed by atoms with van der Waals surface area (Å²) >= 11 is 13.2. The average Bonchev–Trinajstić information content (AvgIpc) is 3.21. The SMILES string of the molecule is C=CCn1c(CCNC(=O)c2ccc(Cl)c(Cl)c2)nnc1SCC(=O)Nc1ccc(CC)cc1. The quantitative estimate of drug-likeness (QED) is 0.274. The Hall–Kier alpha value is -2.81. The highest BCUT2D eigenvalue weighted by Gasteiger charge is 2.14. The van der Waals surface area contributed by atoms with Gasteiger partial charge in [-0.3, -0.25) is 9.59 Å². The van der Waals surface area contributed by atoms with Crippen LogP contribution in [0.3, 0.4) is 0 Å². The van der Waals surface area contributed by atoms with Gasteiger partial charge in [0.15, 0.2) is 5.16 Å². The molecule has 178 valence electrons. The van der Waals surface area contributed by atoms with Crippen LogP contribution in [0, 0.1) is 0 Å². The molecule has 0 spiro atoms. The van der Waals surface area contributed by atoms with Crippen LogP contribution in [0.2, 0.25) is 10.0 Å². The maximum Gasteiger partial charge on any atom is 0.251 e. The molecule has 3 aromatic rings. The molecule has 0 aliphatic heterocycles. The molecule has 2 amide bonds. The highest BCUT2D eigenvalue weighted by atomic mass is 35.5. The van der Waals surface area contributed by atoms with Gasteiger partial charge in [-0.1, -0.05) is 60.1 Å². The van der Waals surface area contributed by atoms with Crippen molar-refractivity contribution in [2.75, 3.05) is 17.6 Å². The fourth-order valence-corrected chi connectivity index (χ4v) is 4.17. The maximum absolute atomic E-state index is 12.4. The first-order chi connectivity index (χ1) is 16.4. The number of thioether (sulfide) groups is 1. The number of anilines is 1. The molecule has 0 radical (unpaired) electrons. The molecule has 0 fully saturated rings. The highest BCUT2D eigenvalue weighted by Crippen LogP contribution is 2.22. The standard InChI is InChI=1S/C24H25Cl2N5O2S/c1-3-13-31-21(11-12-27-23(33)17-7-10-19(25)20(26)14-17)29-30-24(31)34-15-22(32)28-18-8-5-16(4-2)6-9-18/h3,5-10,14H,1,4,11-13,15H2,2H3,(H,27,33)(H,28,32). The molecule has 1 heterocycles. The number of aryl methyl sites for hydroxylation is 1. The van der Waals surface area contributed by atoms with Crippen molar-refractivity contribution in [3.8, 4) is 0 Å². The molecule has 0 unspecified atom stereocenters. The normalized spacial score (nSPS) is 10.7. The first kappa shape index (κ1) is 25.8. The fraction of sp³-hybridized carbons (Fsp3) is 0.250. The van der Waals surface area contributed by atoms with E-state index in [1.165, 1.54) is 23.4 Å². The van der Waals surface area contributed by atoms with E-state index in [0.29, 0.717) is 46.1 Å². The number of benzene rings is 2. The summed E-state index contributed by atoms with van der Waals surface area (Å²) in [5.74, 6) is 0.496. The van der Waals surface area contributed by atoms with Gasteiger partial charge in [-0.05, 0) is 42.3 Å². The van der Waals surface area contributed by atoms with Gasteiger partial charge >= 0.3 is 0 Å². The molecule has 0 aliphatic rings. The molecule has 0 atom stereocenters. The molecule has 7 nitrogen and oxygen atoms in total. The number of nitrogens with zero attached hydrogens (tertiary/aromatic N) is 3. The Morgan fingerprint density at radius 2 is 1.88 bits per heavy atom. The third kappa shape index (κ3) is 7.09. The Kier molecular flexibility index (Phi) is 9.56. The number of aromatic nitrogens is 3. The molecule has 2 aromatic carbocycles. The lowest BCUT2D eigenvalue weighted by Crippen LogP contribution is -2.26. The minimum atomic E-state index is -0.258. The van der Waals surface area contributed by atoms with Crippen LogP contribution < -0.4 is 10.6 Å². The topological polar surface area (TPSA) is 88.9 Å². The van der Waals surface area contributed by atoms with E-state index in [0.717, 1.165) is 12.1 Å². The van der Waals surface area contributed by atoms with Crippen LogP contribution in [0.1, 0.15) is 28.7 Å². The van der Waals surface area contributed by atoms with Crippen molar-refractivity contribution in [3.63, 3.8) is 0 Å². The molecular formula is C24H25Cl2N5O2S. The zero-order chi connectivity index (χ0) is 24.5. The minimum absolute atomic E-state index is 0.127. The number of carbonyl (C=O) groups is 2. The second-order valence-electron chi connectivity index (χ2n) is 7.32. The number of rotatable bonds is 11. The zero-order valence-corrected chi connectivity index (χ0v) is 21.0. The van der Waals surface area contributed by atoms with E-state index < -0.39 is 0 Å². The predicted molar refractivity (Wildman–Crippen MR) is 138 cm³/mol. The molecule has 2 N–H and O–H groups in total. The lowest BCUT2D eigenvalue weighted by Gasteiger charge is -2.09. The Balaban J connectivity index is 1.54. The van der Waals surface area contributed by atoms with Crippen LogP contribution in [0.15, 0.2) is 60.3 Å². The Morgan fingerprint density at radius 1 is 1.12 bits per heavy atom. The van der Waals surface area contributed by atoms with E-state index in [4.69, 9.17) is 23.2 Å².